The topological polar surface area (TPSA) is 79.4 Å². The molecule has 2 N–H and O–H groups in total. The number of anilines is 1. The molecular weight excluding hydrogens is 422 g/mol. The number of aromatic nitrogens is 5. The zero-order chi connectivity index (χ0) is 22.5. The lowest BCUT2D eigenvalue weighted by Gasteiger charge is -2.47. The zero-order valence-corrected chi connectivity index (χ0v) is 18.2. The third-order valence-corrected chi connectivity index (χ3v) is 7.48. The van der Waals surface area contributed by atoms with Gasteiger partial charge in [0.15, 0.2) is 5.82 Å². The van der Waals surface area contributed by atoms with Crippen LogP contribution in [0.5, 0.6) is 0 Å². The Labute approximate surface area is 189 Å². The van der Waals surface area contributed by atoms with Gasteiger partial charge < -0.3 is 10.3 Å². The Kier molecular flexibility index (Phi) is 4.81. The van der Waals surface area contributed by atoms with E-state index < -0.39 is 11.6 Å². The van der Waals surface area contributed by atoms with Crippen molar-refractivity contribution in [3.05, 3.63) is 54.8 Å². The number of nitrogens with one attached hydrogen (secondary N) is 2. The van der Waals surface area contributed by atoms with E-state index in [2.05, 4.69) is 27.2 Å². The van der Waals surface area contributed by atoms with Crippen molar-refractivity contribution in [1.82, 2.24) is 24.9 Å². The molecule has 3 fully saturated rings. The van der Waals surface area contributed by atoms with Gasteiger partial charge in [-0.05, 0) is 49.5 Å². The summed E-state index contributed by atoms with van der Waals surface area (Å²) in [5, 5.41) is 4.10. The van der Waals surface area contributed by atoms with Gasteiger partial charge in [-0.3, -0.25) is 0 Å². The van der Waals surface area contributed by atoms with Gasteiger partial charge in [0.1, 0.15) is 23.8 Å². The predicted octanol–water partition coefficient (Wildman–Crippen LogP) is 5.60. The number of aromatic amines is 1. The summed E-state index contributed by atoms with van der Waals surface area (Å²) in [4.78, 5) is 20.7. The summed E-state index contributed by atoms with van der Waals surface area (Å²) in [6.07, 6.45) is 11.6. The van der Waals surface area contributed by atoms with Crippen LogP contribution in [0.4, 0.5) is 14.6 Å². The highest BCUT2D eigenvalue weighted by Gasteiger charge is 2.41. The number of benzene rings is 1. The van der Waals surface area contributed by atoms with Gasteiger partial charge >= 0.3 is 0 Å². The van der Waals surface area contributed by atoms with E-state index in [9.17, 15) is 8.78 Å². The molecule has 0 unspecified atom stereocenters. The van der Waals surface area contributed by atoms with Crippen LogP contribution in [0, 0.1) is 29.4 Å². The summed E-state index contributed by atoms with van der Waals surface area (Å²) in [5.41, 5.74) is 2.18. The molecule has 0 spiro atoms. The van der Waals surface area contributed by atoms with Gasteiger partial charge in [0.05, 0.1) is 11.2 Å². The fourth-order valence-corrected chi connectivity index (χ4v) is 5.73. The van der Waals surface area contributed by atoms with Crippen molar-refractivity contribution in [1.29, 1.82) is 0 Å². The molecule has 3 aliphatic rings. The largest absolute Gasteiger partial charge is 0.367 e. The van der Waals surface area contributed by atoms with Crippen LogP contribution in [0.25, 0.3) is 33.5 Å². The lowest BCUT2D eigenvalue weighted by molar-refractivity contribution is 0.0928. The summed E-state index contributed by atoms with van der Waals surface area (Å²) in [5.74, 6) is 1.75. The SMILES string of the molecule is C[C@H]1C2CCC(CC2)[C@@H]1Nc1cc(-c2cncnc2)nc(-c2c[nH]c3c(F)cc(F)cc23)n1. The standard InChI is InChI=1S/C25H24F2N6/c1-13-14-2-4-15(5-3-14)23(13)32-22-8-21(16-9-28-12-29-10-16)31-25(33-22)19-11-30-24-18(19)6-17(26)7-20(24)27/h6-15,23,30H,2-5H2,1H3,(H,31,32,33)/t13-,14?,15?,23+/m0/s1. The molecule has 3 aliphatic carbocycles. The number of H-pyrrole nitrogens is 1. The Balaban J connectivity index is 1.46. The van der Waals surface area contributed by atoms with Gasteiger partial charge in [0, 0.05) is 53.3 Å². The first-order valence-corrected chi connectivity index (χ1v) is 11.4. The minimum absolute atomic E-state index is 0.233. The molecule has 0 amide bonds. The highest BCUT2D eigenvalue weighted by atomic mass is 19.1. The Morgan fingerprint density at radius 1 is 0.970 bits per heavy atom. The van der Waals surface area contributed by atoms with Crippen molar-refractivity contribution < 1.29 is 8.78 Å². The second kappa shape index (κ2) is 7.86. The Morgan fingerprint density at radius 3 is 2.48 bits per heavy atom. The van der Waals surface area contributed by atoms with Crippen LogP contribution in [-0.4, -0.2) is 31.0 Å². The number of fused-ring (bicyclic) bond motifs is 4. The lowest BCUT2D eigenvalue weighted by Crippen LogP contribution is -2.47. The molecule has 3 saturated carbocycles. The molecule has 6 nitrogen and oxygen atoms in total. The molecular formula is C25H24F2N6. The molecule has 1 aromatic carbocycles. The van der Waals surface area contributed by atoms with Gasteiger partial charge in [-0.15, -0.1) is 0 Å². The highest BCUT2D eigenvalue weighted by Crippen LogP contribution is 2.46. The van der Waals surface area contributed by atoms with Crippen molar-refractivity contribution in [3.63, 3.8) is 0 Å². The van der Waals surface area contributed by atoms with E-state index in [1.807, 2.05) is 6.07 Å². The first kappa shape index (κ1) is 20.2. The highest BCUT2D eigenvalue weighted by molar-refractivity contribution is 5.94. The molecule has 8 heteroatoms. The molecule has 4 aromatic rings. The van der Waals surface area contributed by atoms with Crippen LogP contribution < -0.4 is 5.32 Å². The molecule has 2 atom stereocenters. The second-order valence-electron chi connectivity index (χ2n) is 9.31. The van der Waals surface area contributed by atoms with Crippen LogP contribution >= 0.6 is 0 Å². The van der Waals surface area contributed by atoms with E-state index in [1.54, 1.807) is 18.6 Å². The molecule has 0 radical (unpaired) electrons. The minimum atomic E-state index is -0.644. The first-order valence-electron chi connectivity index (χ1n) is 11.4. The molecule has 3 aromatic heterocycles. The molecule has 168 valence electrons. The van der Waals surface area contributed by atoms with Crippen molar-refractivity contribution in [2.45, 2.75) is 38.6 Å². The fourth-order valence-electron chi connectivity index (χ4n) is 5.73. The molecule has 7 rings (SSSR count). The van der Waals surface area contributed by atoms with Gasteiger partial charge in [-0.1, -0.05) is 6.92 Å². The Morgan fingerprint density at radius 2 is 1.73 bits per heavy atom. The molecule has 0 aliphatic heterocycles. The average Bonchev–Trinajstić information content (AvgIpc) is 3.26. The Hall–Kier alpha value is -3.42. The van der Waals surface area contributed by atoms with Gasteiger partial charge in [-0.25, -0.2) is 28.7 Å². The van der Waals surface area contributed by atoms with Crippen LogP contribution in [-0.2, 0) is 0 Å². The van der Waals surface area contributed by atoms with Crippen LogP contribution in [0.2, 0.25) is 0 Å². The normalized spacial score (nSPS) is 24.3. The second-order valence-corrected chi connectivity index (χ2v) is 9.31. The van der Waals surface area contributed by atoms with Gasteiger partial charge in [0.25, 0.3) is 0 Å². The fraction of sp³-hybridized carbons (Fsp3) is 0.360. The maximum atomic E-state index is 14.3. The van der Waals surface area contributed by atoms with E-state index in [1.165, 1.54) is 38.1 Å². The summed E-state index contributed by atoms with van der Waals surface area (Å²) in [6, 6.07) is 4.43. The number of halogens is 2. The van der Waals surface area contributed by atoms with E-state index in [4.69, 9.17) is 9.97 Å². The van der Waals surface area contributed by atoms with Crippen molar-refractivity contribution in [2.75, 3.05) is 5.32 Å². The molecule has 2 bridgehead atoms. The lowest BCUT2D eigenvalue weighted by atomic mass is 9.62. The van der Waals surface area contributed by atoms with Crippen molar-refractivity contribution in [2.24, 2.45) is 17.8 Å². The van der Waals surface area contributed by atoms with Crippen LogP contribution in [0.15, 0.2) is 43.1 Å². The van der Waals surface area contributed by atoms with E-state index >= 15 is 0 Å². The molecule has 33 heavy (non-hydrogen) atoms. The summed E-state index contributed by atoms with van der Waals surface area (Å²) < 4.78 is 28.3. The zero-order valence-electron chi connectivity index (χ0n) is 18.2. The monoisotopic (exact) mass is 446 g/mol. The quantitative estimate of drug-likeness (QED) is 0.427. The summed E-state index contributed by atoms with van der Waals surface area (Å²) in [6.45, 7) is 2.33. The third kappa shape index (κ3) is 3.53. The molecule has 3 heterocycles. The number of nitrogens with zero attached hydrogens (tertiary/aromatic N) is 4. The average molecular weight is 447 g/mol. The van der Waals surface area contributed by atoms with E-state index in [0.717, 1.165) is 17.5 Å². The summed E-state index contributed by atoms with van der Waals surface area (Å²) in [7, 11) is 0. The van der Waals surface area contributed by atoms with Crippen LogP contribution in [0.3, 0.4) is 0 Å². The smallest absolute Gasteiger partial charge is 0.164 e. The van der Waals surface area contributed by atoms with Gasteiger partial charge in [-0.2, -0.15) is 0 Å². The summed E-state index contributed by atoms with van der Waals surface area (Å²) >= 11 is 0. The van der Waals surface area contributed by atoms with Crippen LogP contribution in [0.1, 0.15) is 32.6 Å². The maximum Gasteiger partial charge on any atom is 0.164 e. The van der Waals surface area contributed by atoms with Gasteiger partial charge in [0.2, 0.25) is 0 Å². The Bertz CT molecular complexity index is 1310. The minimum Gasteiger partial charge on any atom is -0.367 e. The maximum absolute atomic E-state index is 14.3. The van der Waals surface area contributed by atoms with Crippen molar-refractivity contribution >= 4 is 16.7 Å². The van der Waals surface area contributed by atoms with E-state index in [0.29, 0.717) is 46.2 Å². The number of rotatable bonds is 4. The first-order chi connectivity index (χ1) is 16.1. The molecule has 0 saturated heterocycles. The van der Waals surface area contributed by atoms with E-state index in [-0.39, 0.29) is 5.52 Å². The third-order valence-electron chi connectivity index (χ3n) is 7.48. The predicted molar refractivity (Wildman–Crippen MR) is 122 cm³/mol. The number of hydrogen-bond donors (Lipinski definition) is 2. The van der Waals surface area contributed by atoms with Crippen molar-refractivity contribution in [3.8, 4) is 22.6 Å². The number of hydrogen-bond acceptors (Lipinski definition) is 5.